The summed E-state index contributed by atoms with van der Waals surface area (Å²) < 4.78 is 0. The van der Waals surface area contributed by atoms with E-state index in [1.165, 1.54) is 0 Å². The van der Waals surface area contributed by atoms with Gasteiger partial charge in [0.25, 0.3) is 0 Å². The summed E-state index contributed by atoms with van der Waals surface area (Å²) in [5.41, 5.74) is 4.01. The molecule has 0 unspecified atom stereocenters. The van der Waals surface area contributed by atoms with Crippen molar-refractivity contribution >= 4 is 59.5 Å². The summed E-state index contributed by atoms with van der Waals surface area (Å²) in [6, 6.07) is 48.5. The van der Waals surface area contributed by atoms with Gasteiger partial charge in [0, 0.05) is 70.1 Å². The van der Waals surface area contributed by atoms with Crippen molar-refractivity contribution < 1.29 is 0 Å². The first-order chi connectivity index (χ1) is 39.2. The van der Waals surface area contributed by atoms with Crippen molar-refractivity contribution in [1.82, 2.24) is 74.8 Å². The fraction of sp³-hybridized carbons (Fsp3) is 0.182. The van der Waals surface area contributed by atoms with Gasteiger partial charge in [0.05, 0.1) is 26.7 Å². The van der Waals surface area contributed by atoms with E-state index in [9.17, 15) is 0 Å². The van der Waals surface area contributed by atoms with Crippen LogP contribution in [0.1, 0.15) is 0 Å². The lowest BCUT2D eigenvalue weighted by molar-refractivity contribution is 0.722. The number of rotatable bonds is 23. The van der Waals surface area contributed by atoms with Gasteiger partial charge in [-0.25, -0.2) is 0 Å². The van der Waals surface area contributed by atoms with E-state index in [0.29, 0.717) is 76.7 Å². The van der Waals surface area contributed by atoms with Crippen LogP contribution in [0.5, 0.6) is 0 Å². The predicted octanol–water partition coefficient (Wildman–Crippen LogP) is 7.05. The Balaban J connectivity index is 1.09. The molecule has 0 spiro atoms. The molecule has 25 nitrogen and oxygen atoms in total. The van der Waals surface area contributed by atoms with Gasteiger partial charge in [-0.3, -0.25) is 0 Å². The van der Waals surface area contributed by atoms with Crippen molar-refractivity contribution in [2.24, 2.45) is 0 Å². The van der Waals surface area contributed by atoms with Crippen LogP contribution in [0.15, 0.2) is 152 Å². The highest BCUT2D eigenvalue weighted by Gasteiger charge is 2.25. The fourth-order valence-electron chi connectivity index (χ4n) is 7.99. The molecule has 5 aromatic carbocycles. The number of aromatic nitrogens is 15. The van der Waals surface area contributed by atoms with Crippen LogP contribution in [0.25, 0.3) is 56.9 Å². The molecule has 5 heterocycles. The summed E-state index contributed by atoms with van der Waals surface area (Å²) in [6.45, 7) is 0.382. The molecule has 10 rings (SSSR count). The summed E-state index contributed by atoms with van der Waals surface area (Å²) in [6.07, 6.45) is 0. The van der Waals surface area contributed by atoms with Crippen molar-refractivity contribution in [1.29, 1.82) is 0 Å². The van der Waals surface area contributed by atoms with Crippen LogP contribution >= 0.6 is 0 Å². The molecule has 0 aliphatic heterocycles. The molecule has 10 aromatic rings. The first-order valence-electron chi connectivity index (χ1n) is 25.4. The fourth-order valence-corrected chi connectivity index (χ4v) is 7.99. The van der Waals surface area contributed by atoms with E-state index in [0.717, 1.165) is 27.8 Å². The van der Waals surface area contributed by atoms with Gasteiger partial charge in [-0.05, 0) is 0 Å². The Labute approximate surface area is 461 Å². The first kappa shape index (κ1) is 52.6. The SMILES string of the molecule is CNc1nc(NCN(CN(C)c2nc(NC)nc(-c3ccccc3)n2)c2nc(-c3ccccc3)nc(N(CNc3nc(NC)nc(-c4ccccc4)n3)CN(C)c3nc(NC)nc(-c4ccccc4)n3)n2)nc(-c2ccccc2)n1. The Hall–Kier alpha value is -10.9. The summed E-state index contributed by atoms with van der Waals surface area (Å²) in [5, 5.41) is 19.3. The lowest BCUT2D eigenvalue weighted by Gasteiger charge is -2.31. The quantitative estimate of drug-likeness (QED) is 0.0350. The number of nitrogens with zero attached hydrogens (tertiary/aromatic N) is 19. The number of anilines is 10. The minimum atomic E-state index is 0.0664. The Morgan fingerprint density at radius 2 is 0.525 bits per heavy atom. The number of hydrogen-bond acceptors (Lipinski definition) is 25. The third-order valence-corrected chi connectivity index (χ3v) is 12.1. The maximum absolute atomic E-state index is 5.31. The second kappa shape index (κ2) is 24.9. The van der Waals surface area contributed by atoms with Crippen LogP contribution in [0.2, 0.25) is 0 Å². The molecule has 5 aromatic heterocycles. The molecule has 0 fully saturated rings. The average Bonchev–Trinajstić information content (AvgIpc) is 3.54. The van der Waals surface area contributed by atoms with Crippen LogP contribution in [0.4, 0.5) is 59.5 Å². The van der Waals surface area contributed by atoms with Gasteiger partial charge in [0.1, 0.15) is 0 Å². The smallest absolute Gasteiger partial charge is 0.233 e. The van der Waals surface area contributed by atoms with Gasteiger partial charge in [-0.1, -0.05) is 152 Å². The molecule has 0 saturated carbocycles. The number of benzene rings is 5. The zero-order valence-electron chi connectivity index (χ0n) is 44.8. The van der Waals surface area contributed by atoms with Crippen LogP contribution in [0.3, 0.4) is 0 Å². The summed E-state index contributed by atoms with van der Waals surface area (Å²) in [5.74, 6) is 5.71. The van der Waals surface area contributed by atoms with E-state index < -0.39 is 0 Å². The third kappa shape index (κ3) is 12.9. The largest absolute Gasteiger partial charge is 0.357 e. The van der Waals surface area contributed by atoms with Gasteiger partial charge in [0.2, 0.25) is 59.5 Å². The lowest BCUT2D eigenvalue weighted by Crippen LogP contribution is -2.43. The van der Waals surface area contributed by atoms with E-state index in [2.05, 4.69) is 41.9 Å². The molecule has 402 valence electrons. The highest BCUT2D eigenvalue weighted by Crippen LogP contribution is 2.27. The third-order valence-electron chi connectivity index (χ3n) is 12.1. The van der Waals surface area contributed by atoms with Gasteiger partial charge >= 0.3 is 0 Å². The van der Waals surface area contributed by atoms with Gasteiger partial charge in [-0.15, -0.1) is 0 Å². The molecule has 80 heavy (non-hydrogen) atoms. The maximum Gasteiger partial charge on any atom is 0.233 e. The average molecular weight is 1070 g/mol. The van der Waals surface area contributed by atoms with Gasteiger partial charge in [-0.2, -0.15) is 74.8 Å². The van der Waals surface area contributed by atoms with E-state index in [-0.39, 0.29) is 38.6 Å². The molecule has 25 heteroatoms. The Morgan fingerprint density at radius 1 is 0.275 bits per heavy atom. The van der Waals surface area contributed by atoms with Gasteiger partial charge < -0.3 is 51.5 Å². The topological polar surface area (TPSA) is 278 Å². The Bertz CT molecular complexity index is 3410. The molecule has 0 atom stereocenters. The molecule has 0 bridgehead atoms. The molecular formula is C55H57N25. The summed E-state index contributed by atoms with van der Waals surface area (Å²) in [7, 11) is 10.8. The van der Waals surface area contributed by atoms with E-state index >= 15 is 0 Å². The zero-order valence-corrected chi connectivity index (χ0v) is 44.8. The summed E-state index contributed by atoms with van der Waals surface area (Å²) >= 11 is 0. The highest BCUT2D eigenvalue weighted by molar-refractivity contribution is 5.64. The maximum atomic E-state index is 5.31. The standard InChI is InChI=1S/C55H57N25/c1-56-46-62-41(36-22-12-7-13-23-36)66-50(72-46)60-32-79(34-77(5)52-68-43(64-48(58-3)74-52)38-26-16-9-17-27-38)54-70-45(40-30-20-11-21-31-40)71-55(76-54)80(33-61-51-67-42(63-47(57-2)73-51)37-24-14-8-15-25-37)35-78(6)53-69-44(65-49(59-4)75-53)39-28-18-10-19-29-39/h7-31H,32-35H2,1-6H3,(H,58,64,68,74)(H,59,65,69,75)(H2,56,60,62,66,72)(H2,57,61,63,67,73). The molecular weight excluding hydrogens is 1010 g/mol. The lowest BCUT2D eigenvalue weighted by atomic mass is 10.2. The Morgan fingerprint density at radius 3 is 0.825 bits per heavy atom. The van der Waals surface area contributed by atoms with Crippen LogP contribution in [0, 0.1) is 0 Å². The van der Waals surface area contributed by atoms with E-state index in [1.807, 2.05) is 185 Å². The minimum Gasteiger partial charge on any atom is -0.357 e. The monoisotopic (exact) mass is 1070 g/mol. The molecule has 0 saturated heterocycles. The van der Waals surface area contributed by atoms with E-state index in [1.54, 1.807) is 28.2 Å². The first-order valence-corrected chi connectivity index (χ1v) is 25.4. The second-order valence-electron chi connectivity index (χ2n) is 17.7. The van der Waals surface area contributed by atoms with Crippen LogP contribution < -0.4 is 51.5 Å². The summed E-state index contributed by atoms with van der Waals surface area (Å²) in [4.78, 5) is 80.6. The molecule has 6 N–H and O–H groups in total. The molecule has 0 aliphatic rings. The second-order valence-corrected chi connectivity index (χ2v) is 17.7. The van der Waals surface area contributed by atoms with Crippen molar-refractivity contribution in [2.45, 2.75) is 0 Å². The van der Waals surface area contributed by atoms with E-state index in [4.69, 9.17) is 64.8 Å². The molecule has 0 amide bonds. The van der Waals surface area contributed by atoms with Gasteiger partial charge in [0.15, 0.2) is 29.1 Å². The predicted molar refractivity (Wildman–Crippen MR) is 313 cm³/mol. The van der Waals surface area contributed by atoms with Crippen LogP contribution in [-0.2, 0) is 0 Å². The number of nitrogens with one attached hydrogen (secondary N) is 6. The normalized spacial score (nSPS) is 10.8. The van der Waals surface area contributed by atoms with Crippen molar-refractivity contribution in [2.75, 3.05) is 120 Å². The zero-order chi connectivity index (χ0) is 55.2. The Kier molecular flexibility index (Phi) is 16.3. The highest BCUT2D eigenvalue weighted by atomic mass is 15.5. The minimum absolute atomic E-state index is 0.0664. The molecule has 0 aliphatic carbocycles. The molecule has 0 radical (unpaired) electrons. The number of hydrogen-bond donors (Lipinski definition) is 6. The van der Waals surface area contributed by atoms with Crippen molar-refractivity contribution in [3.63, 3.8) is 0 Å². The van der Waals surface area contributed by atoms with Crippen molar-refractivity contribution in [3.05, 3.63) is 152 Å². The van der Waals surface area contributed by atoms with Crippen LogP contribution in [-0.4, -0.2) is 144 Å². The van der Waals surface area contributed by atoms with Crippen molar-refractivity contribution in [3.8, 4) is 56.9 Å².